The number of methoxy groups -OCH3 is 2. The van der Waals surface area contributed by atoms with Gasteiger partial charge in [-0.15, -0.1) is 0 Å². The summed E-state index contributed by atoms with van der Waals surface area (Å²) in [5, 5.41) is 3.31. The Labute approximate surface area is 114 Å². The van der Waals surface area contributed by atoms with E-state index in [9.17, 15) is 4.79 Å². The van der Waals surface area contributed by atoms with E-state index < -0.39 is 0 Å². The molecule has 0 saturated heterocycles. The molecule has 0 unspecified atom stereocenters. The van der Waals surface area contributed by atoms with Crippen LogP contribution in [0, 0.1) is 0 Å². The molecule has 19 heavy (non-hydrogen) atoms. The standard InChI is InChI=1S/C14H22N2O3/c1-18-12-7-11(8-13(9-12)19-2)10-16-6-4-3-5-14(15)17/h7-9,16H,3-6,10H2,1-2H3,(H2,15,17). The summed E-state index contributed by atoms with van der Waals surface area (Å²) in [4.78, 5) is 10.6. The summed E-state index contributed by atoms with van der Waals surface area (Å²) in [5.41, 5.74) is 6.18. The van der Waals surface area contributed by atoms with E-state index in [1.807, 2.05) is 18.2 Å². The zero-order valence-electron chi connectivity index (χ0n) is 11.6. The van der Waals surface area contributed by atoms with Gasteiger partial charge in [-0.05, 0) is 37.1 Å². The van der Waals surface area contributed by atoms with Crippen molar-refractivity contribution in [3.8, 4) is 11.5 Å². The van der Waals surface area contributed by atoms with E-state index in [1.165, 1.54) is 0 Å². The van der Waals surface area contributed by atoms with Crippen LogP contribution in [0.5, 0.6) is 11.5 Å². The van der Waals surface area contributed by atoms with Crippen molar-refractivity contribution in [2.75, 3.05) is 20.8 Å². The minimum absolute atomic E-state index is 0.238. The highest BCUT2D eigenvalue weighted by molar-refractivity contribution is 5.73. The zero-order chi connectivity index (χ0) is 14.1. The highest BCUT2D eigenvalue weighted by atomic mass is 16.5. The number of carbonyl (C=O) groups is 1. The Morgan fingerprint density at radius 2 is 1.79 bits per heavy atom. The lowest BCUT2D eigenvalue weighted by Gasteiger charge is -2.09. The van der Waals surface area contributed by atoms with Gasteiger partial charge in [-0.3, -0.25) is 4.79 Å². The second-order valence-electron chi connectivity index (χ2n) is 4.32. The molecule has 0 fully saturated rings. The fourth-order valence-corrected chi connectivity index (χ4v) is 1.75. The first kappa shape index (κ1) is 15.3. The zero-order valence-corrected chi connectivity index (χ0v) is 11.6. The van der Waals surface area contributed by atoms with Gasteiger partial charge in [0.25, 0.3) is 0 Å². The van der Waals surface area contributed by atoms with E-state index in [0.717, 1.165) is 43.0 Å². The summed E-state index contributed by atoms with van der Waals surface area (Å²) in [7, 11) is 3.27. The van der Waals surface area contributed by atoms with Crippen molar-refractivity contribution in [3.63, 3.8) is 0 Å². The molecule has 3 N–H and O–H groups in total. The fraction of sp³-hybridized carbons (Fsp3) is 0.500. The maximum Gasteiger partial charge on any atom is 0.217 e. The number of benzene rings is 1. The van der Waals surface area contributed by atoms with Crippen LogP contribution in [0.1, 0.15) is 24.8 Å². The second kappa shape index (κ2) is 8.37. The van der Waals surface area contributed by atoms with Gasteiger partial charge in [0.1, 0.15) is 11.5 Å². The molecule has 5 heteroatoms. The molecule has 0 saturated carbocycles. The third kappa shape index (κ3) is 6.10. The van der Waals surface area contributed by atoms with Crippen LogP contribution in [0.4, 0.5) is 0 Å². The number of carbonyl (C=O) groups excluding carboxylic acids is 1. The molecule has 1 amide bonds. The molecule has 0 aromatic heterocycles. The van der Waals surface area contributed by atoms with Crippen molar-refractivity contribution in [1.29, 1.82) is 0 Å². The fourth-order valence-electron chi connectivity index (χ4n) is 1.75. The number of unbranched alkanes of at least 4 members (excludes halogenated alkanes) is 1. The first-order valence-electron chi connectivity index (χ1n) is 6.36. The van der Waals surface area contributed by atoms with Gasteiger partial charge >= 0.3 is 0 Å². The van der Waals surface area contributed by atoms with Crippen molar-refractivity contribution in [1.82, 2.24) is 5.32 Å². The predicted octanol–water partition coefficient (Wildman–Crippen LogP) is 1.45. The van der Waals surface area contributed by atoms with Gasteiger partial charge in [0, 0.05) is 19.0 Å². The van der Waals surface area contributed by atoms with Gasteiger partial charge in [-0.2, -0.15) is 0 Å². The number of rotatable bonds is 9. The summed E-state index contributed by atoms with van der Waals surface area (Å²) in [6, 6.07) is 5.79. The summed E-state index contributed by atoms with van der Waals surface area (Å²) in [5.74, 6) is 1.33. The first-order chi connectivity index (χ1) is 9.15. The van der Waals surface area contributed by atoms with Crippen LogP contribution >= 0.6 is 0 Å². The maximum atomic E-state index is 10.6. The Morgan fingerprint density at radius 1 is 1.16 bits per heavy atom. The van der Waals surface area contributed by atoms with Gasteiger partial charge in [-0.25, -0.2) is 0 Å². The van der Waals surface area contributed by atoms with E-state index in [-0.39, 0.29) is 5.91 Å². The van der Waals surface area contributed by atoms with E-state index in [4.69, 9.17) is 15.2 Å². The van der Waals surface area contributed by atoms with E-state index >= 15 is 0 Å². The molecule has 0 aliphatic heterocycles. The number of amides is 1. The van der Waals surface area contributed by atoms with E-state index in [0.29, 0.717) is 6.42 Å². The summed E-state index contributed by atoms with van der Waals surface area (Å²) in [6.07, 6.45) is 2.21. The lowest BCUT2D eigenvalue weighted by molar-refractivity contribution is -0.118. The molecule has 0 atom stereocenters. The van der Waals surface area contributed by atoms with E-state index in [1.54, 1.807) is 14.2 Å². The van der Waals surface area contributed by atoms with Crippen LogP contribution in [0.15, 0.2) is 18.2 Å². The Hall–Kier alpha value is -1.75. The monoisotopic (exact) mass is 266 g/mol. The average molecular weight is 266 g/mol. The van der Waals surface area contributed by atoms with Gasteiger partial charge < -0.3 is 20.5 Å². The predicted molar refractivity (Wildman–Crippen MR) is 74.3 cm³/mol. The topological polar surface area (TPSA) is 73.6 Å². The lowest BCUT2D eigenvalue weighted by atomic mass is 10.2. The summed E-state index contributed by atoms with van der Waals surface area (Å²) >= 11 is 0. The lowest BCUT2D eigenvalue weighted by Crippen LogP contribution is -2.16. The number of hydrogen-bond donors (Lipinski definition) is 2. The number of ether oxygens (including phenoxy) is 2. The molecule has 0 radical (unpaired) electrons. The molecule has 1 aromatic rings. The number of primary amides is 1. The van der Waals surface area contributed by atoms with Crippen LogP contribution in [0.25, 0.3) is 0 Å². The maximum absolute atomic E-state index is 10.6. The minimum Gasteiger partial charge on any atom is -0.497 e. The number of nitrogens with two attached hydrogens (primary N) is 1. The highest BCUT2D eigenvalue weighted by Crippen LogP contribution is 2.22. The normalized spacial score (nSPS) is 10.2. The molecule has 0 aliphatic rings. The molecular weight excluding hydrogens is 244 g/mol. The molecule has 0 bridgehead atoms. The smallest absolute Gasteiger partial charge is 0.217 e. The van der Waals surface area contributed by atoms with Crippen molar-refractivity contribution in [2.24, 2.45) is 5.73 Å². The van der Waals surface area contributed by atoms with Crippen LogP contribution in [0.2, 0.25) is 0 Å². The summed E-state index contributed by atoms with van der Waals surface area (Å²) < 4.78 is 10.4. The first-order valence-corrected chi connectivity index (χ1v) is 6.36. The second-order valence-corrected chi connectivity index (χ2v) is 4.32. The number of nitrogens with one attached hydrogen (secondary N) is 1. The number of hydrogen-bond acceptors (Lipinski definition) is 4. The molecule has 1 aromatic carbocycles. The minimum atomic E-state index is -0.238. The van der Waals surface area contributed by atoms with Gasteiger partial charge in [-0.1, -0.05) is 0 Å². The molecule has 0 spiro atoms. The highest BCUT2D eigenvalue weighted by Gasteiger charge is 2.01. The van der Waals surface area contributed by atoms with Crippen molar-refractivity contribution in [2.45, 2.75) is 25.8 Å². The van der Waals surface area contributed by atoms with Crippen LogP contribution in [-0.2, 0) is 11.3 Å². The van der Waals surface area contributed by atoms with Gasteiger partial charge in [0.2, 0.25) is 5.91 Å². The Kier molecular flexibility index (Phi) is 6.74. The Balaban J connectivity index is 2.34. The van der Waals surface area contributed by atoms with Crippen LogP contribution in [-0.4, -0.2) is 26.7 Å². The third-order valence-corrected chi connectivity index (χ3v) is 2.77. The molecular formula is C14H22N2O3. The molecule has 5 nitrogen and oxygen atoms in total. The van der Waals surface area contributed by atoms with Gasteiger partial charge in [0.05, 0.1) is 14.2 Å². The molecule has 1 rings (SSSR count). The molecule has 0 aliphatic carbocycles. The summed E-state index contributed by atoms with van der Waals surface area (Å²) in [6.45, 7) is 1.59. The average Bonchev–Trinajstić information content (AvgIpc) is 2.41. The quantitative estimate of drug-likeness (QED) is 0.663. The van der Waals surface area contributed by atoms with E-state index in [2.05, 4.69) is 5.32 Å². The van der Waals surface area contributed by atoms with Crippen LogP contribution in [0.3, 0.4) is 0 Å². The third-order valence-electron chi connectivity index (χ3n) is 2.77. The van der Waals surface area contributed by atoms with Gasteiger partial charge in [0.15, 0.2) is 0 Å². The Morgan fingerprint density at radius 3 is 2.32 bits per heavy atom. The molecule has 0 heterocycles. The van der Waals surface area contributed by atoms with Crippen molar-refractivity contribution in [3.05, 3.63) is 23.8 Å². The SMILES string of the molecule is COc1cc(CNCCCCC(N)=O)cc(OC)c1. The Bertz CT molecular complexity index is 385. The van der Waals surface area contributed by atoms with Crippen molar-refractivity contribution < 1.29 is 14.3 Å². The largest absolute Gasteiger partial charge is 0.497 e. The van der Waals surface area contributed by atoms with Crippen LogP contribution < -0.4 is 20.5 Å². The van der Waals surface area contributed by atoms with Crippen molar-refractivity contribution >= 4 is 5.91 Å². The molecule has 106 valence electrons.